The van der Waals surface area contributed by atoms with Gasteiger partial charge in [0.2, 0.25) is 5.88 Å². The van der Waals surface area contributed by atoms with Crippen molar-refractivity contribution in [2.24, 2.45) is 5.18 Å². The average molecular weight is 421 g/mol. The lowest BCUT2D eigenvalue weighted by molar-refractivity contribution is 0.298. The fourth-order valence-electron chi connectivity index (χ4n) is 3.12. The highest BCUT2D eigenvalue weighted by atomic mass is 35.5. The van der Waals surface area contributed by atoms with Crippen molar-refractivity contribution in [3.63, 3.8) is 0 Å². The van der Waals surface area contributed by atoms with Crippen molar-refractivity contribution in [3.05, 3.63) is 56.9 Å². The number of ether oxygens (including phenoxy) is 1. The maximum atomic E-state index is 11.1. The monoisotopic (exact) mass is 420 g/mol. The first kappa shape index (κ1) is 20.5. The Morgan fingerprint density at radius 3 is 2.39 bits per heavy atom. The maximum absolute atomic E-state index is 11.1. The first-order chi connectivity index (χ1) is 13.2. The van der Waals surface area contributed by atoms with E-state index in [-0.39, 0.29) is 22.0 Å². The van der Waals surface area contributed by atoms with Gasteiger partial charge in [0, 0.05) is 11.9 Å². The molecule has 5 nitrogen and oxygen atoms in total. The van der Waals surface area contributed by atoms with Crippen LogP contribution in [0.3, 0.4) is 0 Å². The number of aromatic hydroxyl groups is 1. The van der Waals surface area contributed by atoms with Crippen LogP contribution < -0.4 is 4.74 Å². The van der Waals surface area contributed by atoms with Crippen LogP contribution in [0.4, 0.5) is 5.69 Å². The van der Waals surface area contributed by atoms with Crippen LogP contribution in [-0.2, 0) is 12.0 Å². The Hall–Kier alpha value is -2.24. The number of nitroso groups, excluding NO2 is 1. The molecule has 3 aromatic rings. The minimum absolute atomic E-state index is 0.0349. The van der Waals surface area contributed by atoms with E-state index >= 15 is 0 Å². The predicted molar refractivity (Wildman–Crippen MR) is 114 cm³/mol. The minimum Gasteiger partial charge on any atom is -0.494 e. The summed E-state index contributed by atoms with van der Waals surface area (Å²) in [5.41, 5.74) is 1.79. The van der Waals surface area contributed by atoms with Crippen LogP contribution in [0.15, 0.2) is 41.6 Å². The van der Waals surface area contributed by atoms with Gasteiger partial charge >= 0.3 is 0 Å². The molecular formula is C21H22Cl2N2O3. The molecule has 0 fully saturated rings. The summed E-state index contributed by atoms with van der Waals surface area (Å²) in [6.45, 7) is 7.33. The molecule has 7 heteroatoms. The van der Waals surface area contributed by atoms with Gasteiger partial charge in [0.05, 0.1) is 22.2 Å². The quantitative estimate of drug-likeness (QED) is 0.351. The van der Waals surface area contributed by atoms with Gasteiger partial charge in [0.15, 0.2) is 5.69 Å². The van der Waals surface area contributed by atoms with Crippen molar-refractivity contribution in [2.45, 2.75) is 39.2 Å². The van der Waals surface area contributed by atoms with E-state index in [4.69, 9.17) is 27.9 Å². The van der Waals surface area contributed by atoms with E-state index in [1.165, 1.54) is 5.56 Å². The van der Waals surface area contributed by atoms with Crippen LogP contribution in [0.1, 0.15) is 32.8 Å². The third-order valence-corrected chi connectivity index (χ3v) is 5.46. The van der Waals surface area contributed by atoms with Crippen molar-refractivity contribution in [2.75, 3.05) is 6.61 Å². The molecule has 148 valence electrons. The smallest absolute Gasteiger partial charge is 0.222 e. The SMILES string of the molecule is CC(C)(C)c1ccc(OCCCn2c(O)c(N=O)c3ccc(Cl)c(Cl)c32)cc1. The lowest BCUT2D eigenvalue weighted by Gasteiger charge is -2.19. The van der Waals surface area contributed by atoms with Crippen LogP contribution >= 0.6 is 23.2 Å². The van der Waals surface area contributed by atoms with E-state index in [2.05, 4.69) is 38.1 Å². The normalized spacial score (nSPS) is 11.8. The predicted octanol–water partition coefficient (Wildman–Crippen LogP) is 6.82. The molecule has 0 aliphatic carbocycles. The number of hydrogen-bond donors (Lipinski definition) is 1. The zero-order chi connectivity index (χ0) is 20.5. The molecule has 0 atom stereocenters. The molecule has 0 spiro atoms. The van der Waals surface area contributed by atoms with Crippen molar-refractivity contribution in [1.82, 2.24) is 4.57 Å². The molecule has 0 unspecified atom stereocenters. The van der Waals surface area contributed by atoms with Crippen LogP contribution in [0, 0.1) is 4.91 Å². The van der Waals surface area contributed by atoms with Crippen LogP contribution in [0.25, 0.3) is 10.9 Å². The van der Waals surface area contributed by atoms with Crippen molar-refractivity contribution < 1.29 is 9.84 Å². The number of aryl methyl sites for hydroxylation is 1. The highest BCUT2D eigenvalue weighted by Crippen LogP contribution is 2.43. The molecule has 0 aliphatic rings. The number of halogens is 2. The largest absolute Gasteiger partial charge is 0.494 e. The Balaban J connectivity index is 1.71. The molecule has 28 heavy (non-hydrogen) atoms. The molecule has 0 radical (unpaired) electrons. The van der Waals surface area contributed by atoms with Crippen molar-refractivity contribution in [1.29, 1.82) is 0 Å². The Morgan fingerprint density at radius 1 is 1.11 bits per heavy atom. The van der Waals surface area contributed by atoms with E-state index in [1.807, 2.05) is 12.1 Å². The number of rotatable bonds is 6. The van der Waals surface area contributed by atoms with Crippen LogP contribution in [-0.4, -0.2) is 16.3 Å². The highest BCUT2D eigenvalue weighted by Gasteiger charge is 2.21. The highest BCUT2D eigenvalue weighted by molar-refractivity contribution is 6.45. The second-order valence-electron chi connectivity index (χ2n) is 7.65. The van der Waals surface area contributed by atoms with Crippen molar-refractivity contribution in [3.8, 4) is 11.6 Å². The van der Waals surface area contributed by atoms with Crippen LogP contribution in [0.2, 0.25) is 10.0 Å². The maximum Gasteiger partial charge on any atom is 0.222 e. The fourth-order valence-corrected chi connectivity index (χ4v) is 3.54. The standard InChI is InChI=1S/C21H22Cl2N2O3/c1-21(2,3)13-5-7-14(8-6-13)28-12-4-11-25-19-15(18(24-27)20(25)26)9-10-16(22)17(19)23/h5-10,26H,4,11-12H2,1-3H3. The summed E-state index contributed by atoms with van der Waals surface area (Å²) in [5.74, 6) is 0.564. The molecule has 1 aromatic heterocycles. The second-order valence-corrected chi connectivity index (χ2v) is 8.43. The van der Waals surface area contributed by atoms with Gasteiger partial charge in [-0.05, 0) is 46.8 Å². The van der Waals surface area contributed by atoms with Crippen LogP contribution in [0.5, 0.6) is 11.6 Å². The van der Waals surface area contributed by atoms with Gasteiger partial charge in [0.1, 0.15) is 5.75 Å². The molecular weight excluding hydrogens is 399 g/mol. The molecule has 1 N–H and O–H groups in total. The van der Waals surface area contributed by atoms with Gasteiger partial charge in [-0.2, -0.15) is 0 Å². The molecule has 3 rings (SSSR count). The third kappa shape index (κ3) is 3.96. The summed E-state index contributed by atoms with van der Waals surface area (Å²) in [6.07, 6.45) is 0.597. The molecule has 0 saturated carbocycles. The first-order valence-electron chi connectivity index (χ1n) is 9.00. The molecule has 2 aromatic carbocycles. The van der Waals surface area contributed by atoms with Gasteiger partial charge in [-0.3, -0.25) is 0 Å². The summed E-state index contributed by atoms with van der Waals surface area (Å²) in [6, 6.07) is 11.2. The summed E-state index contributed by atoms with van der Waals surface area (Å²) < 4.78 is 7.34. The summed E-state index contributed by atoms with van der Waals surface area (Å²) >= 11 is 12.4. The van der Waals surface area contributed by atoms with E-state index in [1.54, 1.807) is 16.7 Å². The zero-order valence-electron chi connectivity index (χ0n) is 16.0. The number of fused-ring (bicyclic) bond motifs is 1. The van der Waals surface area contributed by atoms with Gasteiger partial charge in [-0.1, -0.05) is 56.1 Å². The summed E-state index contributed by atoms with van der Waals surface area (Å²) in [7, 11) is 0. The van der Waals surface area contributed by atoms with Gasteiger partial charge < -0.3 is 14.4 Å². The molecule has 0 bridgehead atoms. The van der Waals surface area contributed by atoms with E-state index in [0.29, 0.717) is 35.5 Å². The number of hydrogen-bond acceptors (Lipinski definition) is 4. The molecule has 0 saturated heterocycles. The molecule has 0 aliphatic heterocycles. The third-order valence-electron chi connectivity index (χ3n) is 4.67. The molecule has 1 heterocycles. The van der Waals surface area contributed by atoms with E-state index in [0.717, 1.165) is 5.75 Å². The topological polar surface area (TPSA) is 63.8 Å². The average Bonchev–Trinajstić information content (AvgIpc) is 2.93. The summed E-state index contributed by atoms with van der Waals surface area (Å²) in [5, 5.41) is 14.4. The van der Waals surface area contributed by atoms with Gasteiger partial charge in [-0.25, -0.2) is 0 Å². The Labute approximate surface area is 173 Å². The number of nitrogens with zero attached hydrogens (tertiary/aromatic N) is 2. The lowest BCUT2D eigenvalue weighted by Crippen LogP contribution is -2.10. The van der Waals surface area contributed by atoms with Crippen molar-refractivity contribution >= 4 is 39.8 Å². The summed E-state index contributed by atoms with van der Waals surface area (Å²) in [4.78, 5) is 11.1. The first-order valence-corrected chi connectivity index (χ1v) is 9.75. The molecule has 0 amide bonds. The van der Waals surface area contributed by atoms with Gasteiger partial charge in [-0.15, -0.1) is 4.91 Å². The Kier molecular flexibility index (Phi) is 5.87. The zero-order valence-corrected chi connectivity index (χ0v) is 17.5. The number of benzene rings is 2. The van der Waals surface area contributed by atoms with E-state index in [9.17, 15) is 10.0 Å². The van der Waals surface area contributed by atoms with E-state index < -0.39 is 0 Å². The lowest BCUT2D eigenvalue weighted by atomic mass is 9.87. The van der Waals surface area contributed by atoms with Gasteiger partial charge in [0.25, 0.3) is 0 Å². The Bertz CT molecular complexity index is 1010. The number of aromatic nitrogens is 1. The fraction of sp³-hybridized carbons (Fsp3) is 0.333. The Morgan fingerprint density at radius 2 is 1.79 bits per heavy atom. The second kappa shape index (κ2) is 8.02. The minimum atomic E-state index is -0.219.